The molecule has 0 unspecified atom stereocenters. The average Bonchev–Trinajstić information content (AvgIpc) is 3.10. The number of nitrogens with two attached hydrogens (primary N) is 1. The van der Waals surface area contributed by atoms with Gasteiger partial charge in [0.05, 0.1) is 13.7 Å². The molecule has 3 aromatic rings. The summed E-state index contributed by atoms with van der Waals surface area (Å²) < 4.78 is 36.0. The van der Waals surface area contributed by atoms with Crippen LogP contribution in [0.5, 0.6) is 11.8 Å². The molecule has 0 radical (unpaired) electrons. The molecular weight excluding hydrogens is 360 g/mol. The van der Waals surface area contributed by atoms with Crippen LogP contribution in [-0.2, 0) is 6.54 Å². The first-order valence-electron chi connectivity index (χ1n) is 7.73. The lowest BCUT2D eigenvalue weighted by molar-refractivity contribution is -0.0528. The van der Waals surface area contributed by atoms with Crippen LogP contribution in [0.2, 0.25) is 0 Å². The smallest absolute Gasteiger partial charge is 0.388 e. The molecule has 3 heterocycles. The van der Waals surface area contributed by atoms with E-state index in [1.165, 1.54) is 30.1 Å². The van der Waals surface area contributed by atoms with Crippen molar-refractivity contribution in [1.29, 1.82) is 0 Å². The van der Waals surface area contributed by atoms with E-state index in [1.807, 2.05) is 0 Å². The van der Waals surface area contributed by atoms with E-state index in [1.54, 1.807) is 24.5 Å². The van der Waals surface area contributed by atoms with Crippen molar-refractivity contribution in [2.24, 2.45) is 5.73 Å². The first-order chi connectivity index (χ1) is 13.0. The molecule has 0 aliphatic rings. The Morgan fingerprint density at radius 1 is 1.30 bits per heavy atom. The number of nitrogens with zero attached hydrogens (tertiary/aromatic N) is 4. The molecule has 0 fully saturated rings. The highest BCUT2D eigenvalue weighted by Gasteiger charge is 2.13. The van der Waals surface area contributed by atoms with Gasteiger partial charge in [-0.3, -0.25) is 9.48 Å². The Kier molecular flexibility index (Phi) is 5.25. The van der Waals surface area contributed by atoms with E-state index in [0.717, 1.165) is 5.56 Å². The standard InChI is InChI=1S/C17H15F2N5O3/c1-26-16-12(11-2-4-21-14(7-11)27-17(18)19)6-10(8-22-16)9-24-5-3-13(23-24)15(20)25/h2-8,17H,9H2,1H3,(H2,20,25). The maximum Gasteiger partial charge on any atom is 0.388 e. The third-order valence-corrected chi connectivity index (χ3v) is 3.59. The van der Waals surface area contributed by atoms with Crippen LogP contribution in [-0.4, -0.2) is 39.4 Å². The molecular formula is C17H15F2N5O3. The molecule has 0 spiro atoms. The minimum absolute atomic E-state index is 0.152. The Labute approximate surface area is 152 Å². The molecule has 0 saturated carbocycles. The molecule has 0 aromatic carbocycles. The van der Waals surface area contributed by atoms with Gasteiger partial charge >= 0.3 is 6.61 Å². The summed E-state index contributed by atoms with van der Waals surface area (Å²) in [4.78, 5) is 19.1. The third kappa shape index (κ3) is 4.35. The Bertz CT molecular complexity index is 961. The second-order valence-corrected chi connectivity index (χ2v) is 5.42. The summed E-state index contributed by atoms with van der Waals surface area (Å²) in [6.07, 6.45) is 4.56. The van der Waals surface area contributed by atoms with E-state index in [0.29, 0.717) is 23.6 Å². The number of alkyl halides is 2. The number of aromatic nitrogens is 4. The first-order valence-corrected chi connectivity index (χ1v) is 7.73. The van der Waals surface area contributed by atoms with E-state index in [2.05, 4.69) is 19.8 Å². The number of methoxy groups -OCH3 is 1. The zero-order valence-electron chi connectivity index (χ0n) is 14.2. The quantitative estimate of drug-likeness (QED) is 0.678. The number of hydrogen-bond donors (Lipinski definition) is 1. The molecule has 3 rings (SSSR count). The summed E-state index contributed by atoms with van der Waals surface area (Å²) in [5.41, 5.74) is 7.21. The van der Waals surface area contributed by atoms with Gasteiger partial charge in [0.15, 0.2) is 0 Å². The summed E-state index contributed by atoms with van der Waals surface area (Å²) >= 11 is 0. The predicted octanol–water partition coefficient (Wildman–Crippen LogP) is 2.10. The van der Waals surface area contributed by atoms with Gasteiger partial charge in [0, 0.05) is 30.2 Å². The molecule has 1 amide bonds. The molecule has 0 bridgehead atoms. The molecule has 140 valence electrons. The number of halogens is 2. The van der Waals surface area contributed by atoms with Crippen molar-refractivity contribution in [2.45, 2.75) is 13.2 Å². The number of hydrogen-bond acceptors (Lipinski definition) is 6. The number of rotatable bonds is 7. The van der Waals surface area contributed by atoms with Crippen molar-refractivity contribution in [3.8, 4) is 22.9 Å². The zero-order valence-corrected chi connectivity index (χ0v) is 14.2. The SMILES string of the molecule is COc1ncc(Cn2ccc(C(N)=O)n2)cc1-c1ccnc(OC(F)F)c1. The largest absolute Gasteiger partial charge is 0.481 e. The van der Waals surface area contributed by atoms with Crippen molar-refractivity contribution >= 4 is 5.91 Å². The highest BCUT2D eigenvalue weighted by Crippen LogP contribution is 2.30. The van der Waals surface area contributed by atoms with Crippen LogP contribution in [0.1, 0.15) is 16.1 Å². The second-order valence-electron chi connectivity index (χ2n) is 5.42. The lowest BCUT2D eigenvalue weighted by Crippen LogP contribution is -2.12. The van der Waals surface area contributed by atoms with Gasteiger partial charge in [-0.1, -0.05) is 0 Å². The van der Waals surface area contributed by atoms with Crippen LogP contribution >= 0.6 is 0 Å². The minimum atomic E-state index is -2.97. The van der Waals surface area contributed by atoms with Crippen LogP contribution in [0.25, 0.3) is 11.1 Å². The highest BCUT2D eigenvalue weighted by molar-refractivity contribution is 5.90. The Balaban J connectivity index is 1.92. The fourth-order valence-corrected chi connectivity index (χ4v) is 2.45. The summed E-state index contributed by atoms with van der Waals surface area (Å²) in [5.74, 6) is -0.523. The van der Waals surface area contributed by atoms with Crippen LogP contribution in [0.15, 0.2) is 42.9 Å². The van der Waals surface area contributed by atoms with E-state index in [4.69, 9.17) is 10.5 Å². The number of pyridine rings is 2. The molecule has 2 N–H and O–H groups in total. The third-order valence-electron chi connectivity index (χ3n) is 3.59. The van der Waals surface area contributed by atoms with Gasteiger partial charge in [-0.2, -0.15) is 13.9 Å². The molecule has 0 atom stereocenters. The van der Waals surface area contributed by atoms with E-state index >= 15 is 0 Å². The van der Waals surface area contributed by atoms with E-state index in [-0.39, 0.29) is 11.6 Å². The Morgan fingerprint density at radius 3 is 2.78 bits per heavy atom. The van der Waals surface area contributed by atoms with Crippen molar-refractivity contribution in [1.82, 2.24) is 19.7 Å². The van der Waals surface area contributed by atoms with Crippen molar-refractivity contribution < 1.29 is 23.0 Å². The number of carbonyl (C=O) groups excluding carboxylic acids is 1. The van der Waals surface area contributed by atoms with Gasteiger partial charge < -0.3 is 15.2 Å². The fourth-order valence-electron chi connectivity index (χ4n) is 2.45. The minimum Gasteiger partial charge on any atom is -0.481 e. The van der Waals surface area contributed by atoms with Gasteiger partial charge in [0.1, 0.15) is 5.69 Å². The van der Waals surface area contributed by atoms with E-state index in [9.17, 15) is 13.6 Å². The molecule has 3 aromatic heterocycles. The summed E-state index contributed by atoms with van der Waals surface area (Å²) in [6.45, 7) is -2.65. The summed E-state index contributed by atoms with van der Waals surface area (Å²) in [6, 6.07) is 6.28. The number of amides is 1. The number of carbonyl (C=O) groups is 1. The van der Waals surface area contributed by atoms with Gasteiger partial charge in [-0.15, -0.1) is 0 Å². The van der Waals surface area contributed by atoms with Gasteiger partial charge in [0.2, 0.25) is 11.8 Å². The molecule has 8 nitrogen and oxygen atoms in total. The van der Waals surface area contributed by atoms with Crippen molar-refractivity contribution in [2.75, 3.05) is 7.11 Å². The molecule has 10 heteroatoms. The van der Waals surface area contributed by atoms with Crippen molar-refractivity contribution in [3.05, 3.63) is 54.1 Å². The van der Waals surface area contributed by atoms with Crippen LogP contribution in [0, 0.1) is 0 Å². The van der Waals surface area contributed by atoms with Gasteiger partial charge in [0.25, 0.3) is 5.91 Å². The Hall–Kier alpha value is -3.56. The zero-order chi connectivity index (χ0) is 19.4. The number of primary amides is 1. The fraction of sp³-hybridized carbons (Fsp3) is 0.176. The summed E-state index contributed by atoms with van der Waals surface area (Å²) in [7, 11) is 1.45. The molecule has 0 aliphatic carbocycles. The van der Waals surface area contributed by atoms with E-state index < -0.39 is 12.5 Å². The second kappa shape index (κ2) is 7.77. The first kappa shape index (κ1) is 18.2. The number of ether oxygens (including phenoxy) is 2. The lowest BCUT2D eigenvalue weighted by atomic mass is 10.1. The monoisotopic (exact) mass is 375 g/mol. The molecule has 0 saturated heterocycles. The normalized spacial score (nSPS) is 10.8. The maximum absolute atomic E-state index is 12.4. The lowest BCUT2D eigenvalue weighted by Gasteiger charge is -2.11. The average molecular weight is 375 g/mol. The molecule has 27 heavy (non-hydrogen) atoms. The van der Waals surface area contributed by atoms with Gasteiger partial charge in [-0.25, -0.2) is 9.97 Å². The van der Waals surface area contributed by atoms with Crippen LogP contribution in [0.4, 0.5) is 8.78 Å². The maximum atomic E-state index is 12.4. The molecule has 0 aliphatic heterocycles. The summed E-state index contributed by atoms with van der Waals surface area (Å²) in [5, 5.41) is 4.07. The Morgan fingerprint density at radius 2 is 2.11 bits per heavy atom. The van der Waals surface area contributed by atoms with Crippen LogP contribution in [0.3, 0.4) is 0 Å². The topological polar surface area (TPSA) is 105 Å². The predicted molar refractivity (Wildman–Crippen MR) is 90.5 cm³/mol. The van der Waals surface area contributed by atoms with Crippen LogP contribution < -0.4 is 15.2 Å². The van der Waals surface area contributed by atoms with Crippen molar-refractivity contribution in [3.63, 3.8) is 0 Å². The highest BCUT2D eigenvalue weighted by atomic mass is 19.3. The van der Waals surface area contributed by atoms with Gasteiger partial charge in [-0.05, 0) is 29.3 Å².